The molecule has 0 unspecified atom stereocenters. The largest absolute Gasteiger partial charge is 0.394 e. The third-order valence-electron chi connectivity index (χ3n) is 6.45. The molecule has 2 N–H and O–H groups in total. The maximum Gasteiger partial charge on any atom is 0.226 e. The van der Waals surface area contributed by atoms with Crippen LogP contribution in [0.15, 0.2) is 30.3 Å². The minimum atomic E-state index is -0.201. The van der Waals surface area contributed by atoms with E-state index in [9.17, 15) is 14.7 Å². The zero-order valence-corrected chi connectivity index (χ0v) is 16.6. The van der Waals surface area contributed by atoms with E-state index in [0.717, 1.165) is 31.2 Å². The van der Waals surface area contributed by atoms with Gasteiger partial charge in [-0.15, -0.1) is 0 Å². The first-order chi connectivity index (χ1) is 13.6. The van der Waals surface area contributed by atoms with Crippen molar-refractivity contribution in [3.05, 3.63) is 41.5 Å². The summed E-state index contributed by atoms with van der Waals surface area (Å²) in [4.78, 5) is 26.4. The lowest BCUT2D eigenvalue weighted by molar-refractivity contribution is -0.152. The van der Waals surface area contributed by atoms with Gasteiger partial charge in [-0.25, -0.2) is 0 Å². The molecule has 1 saturated carbocycles. The summed E-state index contributed by atoms with van der Waals surface area (Å²) in [6.45, 7) is 2.22. The number of hydrogen-bond donors (Lipinski definition) is 2. The molecule has 28 heavy (non-hydrogen) atoms. The minimum Gasteiger partial charge on any atom is -0.394 e. The number of nitrogens with zero attached hydrogens (tertiary/aromatic N) is 1. The number of aliphatic hydroxyl groups excluding tert-OH is 1. The lowest BCUT2D eigenvalue weighted by Crippen LogP contribution is -2.68. The number of aliphatic hydroxyl groups is 1. The molecule has 1 heterocycles. The third kappa shape index (κ3) is 3.60. The van der Waals surface area contributed by atoms with Crippen LogP contribution in [-0.2, 0) is 9.59 Å². The van der Waals surface area contributed by atoms with Crippen molar-refractivity contribution in [2.24, 2.45) is 5.92 Å². The van der Waals surface area contributed by atoms with Crippen LogP contribution in [0.5, 0.6) is 0 Å². The third-order valence-corrected chi connectivity index (χ3v) is 6.45. The number of nitrogens with one attached hydrogen (secondary N) is 1. The molecule has 1 saturated heterocycles. The van der Waals surface area contributed by atoms with Gasteiger partial charge in [0.25, 0.3) is 0 Å². The molecule has 0 aromatic heterocycles. The van der Waals surface area contributed by atoms with Gasteiger partial charge in [0.1, 0.15) is 0 Å². The van der Waals surface area contributed by atoms with Crippen molar-refractivity contribution in [1.82, 2.24) is 10.2 Å². The number of carbonyl (C=O) groups is 2. The molecule has 1 aromatic rings. The van der Waals surface area contributed by atoms with Gasteiger partial charge < -0.3 is 15.3 Å². The van der Waals surface area contributed by atoms with Gasteiger partial charge in [-0.3, -0.25) is 9.59 Å². The second-order valence-electron chi connectivity index (χ2n) is 8.26. The quantitative estimate of drug-likeness (QED) is 0.762. The number of rotatable bonds is 7. The molecular formula is C23H30N2O3. The summed E-state index contributed by atoms with van der Waals surface area (Å²) in [5, 5.41) is 13.0. The Labute approximate surface area is 166 Å². The topological polar surface area (TPSA) is 69.6 Å². The molecule has 1 aromatic carbocycles. The molecule has 5 nitrogen and oxygen atoms in total. The molecule has 0 bridgehead atoms. The molecule has 2 aliphatic carbocycles. The van der Waals surface area contributed by atoms with Crippen LogP contribution in [0.1, 0.15) is 62.5 Å². The molecule has 0 radical (unpaired) electrons. The first kappa shape index (κ1) is 19.2. The molecule has 3 aliphatic rings. The minimum absolute atomic E-state index is 0.00598. The van der Waals surface area contributed by atoms with Crippen LogP contribution >= 0.6 is 0 Å². The van der Waals surface area contributed by atoms with Gasteiger partial charge in [-0.2, -0.15) is 0 Å². The van der Waals surface area contributed by atoms with E-state index in [1.165, 1.54) is 17.6 Å². The van der Waals surface area contributed by atoms with Crippen LogP contribution < -0.4 is 5.32 Å². The number of carbonyl (C=O) groups excluding carboxylic acids is 2. The highest BCUT2D eigenvalue weighted by molar-refractivity contribution is 5.83. The first-order valence-electron chi connectivity index (χ1n) is 10.6. The van der Waals surface area contributed by atoms with E-state index < -0.39 is 0 Å². The van der Waals surface area contributed by atoms with E-state index in [4.69, 9.17) is 0 Å². The van der Waals surface area contributed by atoms with Crippen molar-refractivity contribution in [1.29, 1.82) is 0 Å². The molecule has 0 spiro atoms. The summed E-state index contributed by atoms with van der Waals surface area (Å²) >= 11 is 0. The van der Waals surface area contributed by atoms with E-state index in [1.807, 2.05) is 11.8 Å². The predicted molar refractivity (Wildman–Crippen MR) is 109 cm³/mol. The second-order valence-corrected chi connectivity index (χ2v) is 8.26. The Morgan fingerprint density at radius 1 is 1.18 bits per heavy atom. The van der Waals surface area contributed by atoms with E-state index in [2.05, 4.69) is 35.7 Å². The second kappa shape index (κ2) is 8.08. The molecule has 5 heteroatoms. The molecule has 2 fully saturated rings. The highest BCUT2D eigenvalue weighted by Gasteiger charge is 2.53. The first-order valence-corrected chi connectivity index (χ1v) is 10.6. The average molecular weight is 383 g/mol. The molecule has 150 valence electrons. The van der Waals surface area contributed by atoms with Crippen molar-refractivity contribution >= 4 is 17.4 Å². The fourth-order valence-corrected chi connectivity index (χ4v) is 4.68. The van der Waals surface area contributed by atoms with Crippen LogP contribution in [-0.4, -0.2) is 47.1 Å². The molecule has 4 rings (SSSR count). The monoisotopic (exact) mass is 382 g/mol. The number of allylic oxidation sites excluding steroid dienone is 2. The van der Waals surface area contributed by atoms with Gasteiger partial charge in [0.05, 0.1) is 18.7 Å². The van der Waals surface area contributed by atoms with Crippen molar-refractivity contribution in [2.45, 2.75) is 63.5 Å². The zero-order valence-electron chi connectivity index (χ0n) is 16.6. The summed E-state index contributed by atoms with van der Waals surface area (Å²) in [6, 6.07) is 8.30. The van der Waals surface area contributed by atoms with Crippen molar-refractivity contribution in [2.75, 3.05) is 13.2 Å². The maximum absolute atomic E-state index is 12.8. The van der Waals surface area contributed by atoms with Gasteiger partial charge in [-0.1, -0.05) is 37.3 Å². The van der Waals surface area contributed by atoms with Gasteiger partial charge in [0.15, 0.2) is 0 Å². The Morgan fingerprint density at radius 3 is 2.50 bits per heavy atom. The van der Waals surface area contributed by atoms with Crippen LogP contribution in [0.3, 0.4) is 0 Å². The molecule has 2 amide bonds. The zero-order chi connectivity index (χ0) is 19.7. The predicted octanol–water partition coefficient (Wildman–Crippen LogP) is 2.85. The maximum atomic E-state index is 12.8. The number of likely N-dealkylation sites (tertiary alicyclic amines) is 1. The van der Waals surface area contributed by atoms with Crippen molar-refractivity contribution in [3.63, 3.8) is 0 Å². The smallest absolute Gasteiger partial charge is 0.226 e. The SMILES string of the molecule is CCC(=O)NC[C@H]1[C@@H](c2ccc(C3=CCCC3)cc2)[C@@H](CO)N1C(=O)C1CC1. The van der Waals surface area contributed by atoms with E-state index in [0.29, 0.717) is 13.0 Å². The normalized spacial score (nSPS) is 26.6. The fraction of sp³-hybridized carbons (Fsp3) is 0.565. The Kier molecular flexibility index (Phi) is 5.54. The Morgan fingerprint density at radius 2 is 1.93 bits per heavy atom. The number of benzene rings is 1. The molecular weight excluding hydrogens is 352 g/mol. The summed E-state index contributed by atoms with van der Waals surface area (Å²) in [5.41, 5.74) is 3.82. The summed E-state index contributed by atoms with van der Waals surface area (Å²) in [6.07, 6.45) is 8.14. The lowest BCUT2D eigenvalue weighted by atomic mass is 9.74. The van der Waals surface area contributed by atoms with Crippen molar-refractivity contribution in [3.8, 4) is 0 Å². The van der Waals surface area contributed by atoms with Crippen LogP contribution in [0.4, 0.5) is 0 Å². The fourth-order valence-electron chi connectivity index (χ4n) is 4.68. The van der Waals surface area contributed by atoms with Gasteiger partial charge >= 0.3 is 0 Å². The van der Waals surface area contributed by atoms with E-state index >= 15 is 0 Å². The average Bonchev–Trinajstić information content (AvgIpc) is 3.42. The van der Waals surface area contributed by atoms with Crippen LogP contribution in [0, 0.1) is 5.92 Å². The van der Waals surface area contributed by atoms with Gasteiger partial charge in [-0.05, 0) is 48.8 Å². The summed E-state index contributed by atoms with van der Waals surface area (Å²) in [7, 11) is 0. The van der Waals surface area contributed by atoms with Gasteiger partial charge in [0.2, 0.25) is 11.8 Å². The van der Waals surface area contributed by atoms with E-state index in [1.54, 1.807) is 0 Å². The lowest BCUT2D eigenvalue weighted by Gasteiger charge is -2.55. The van der Waals surface area contributed by atoms with Crippen LogP contribution in [0.2, 0.25) is 0 Å². The Balaban J connectivity index is 1.55. The number of hydrogen-bond acceptors (Lipinski definition) is 3. The highest BCUT2D eigenvalue weighted by Crippen LogP contribution is 2.44. The molecule has 3 atom stereocenters. The Hall–Kier alpha value is -2.14. The highest BCUT2D eigenvalue weighted by atomic mass is 16.3. The van der Waals surface area contributed by atoms with Gasteiger partial charge in [0, 0.05) is 24.8 Å². The van der Waals surface area contributed by atoms with E-state index in [-0.39, 0.29) is 42.3 Å². The standard InChI is InChI=1S/C23H30N2O3/c1-2-21(27)24-13-19-22(20(14-26)25(19)23(28)18-11-12-18)17-9-7-16(8-10-17)15-5-3-4-6-15/h5,7-10,18-20,22,26H,2-4,6,11-14H2,1H3,(H,24,27)/t19-,20+,22+/m0/s1. The number of amides is 2. The van der Waals surface area contributed by atoms with Crippen molar-refractivity contribution < 1.29 is 14.7 Å². The summed E-state index contributed by atoms with van der Waals surface area (Å²) < 4.78 is 0. The summed E-state index contributed by atoms with van der Waals surface area (Å²) in [5.74, 6) is 0.292. The Bertz CT molecular complexity index is 767. The van der Waals surface area contributed by atoms with Crippen LogP contribution in [0.25, 0.3) is 5.57 Å². The molecule has 1 aliphatic heterocycles.